The van der Waals surface area contributed by atoms with E-state index in [2.05, 4.69) is 27.9 Å². The van der Waals surface area contributed by atoms with Gasteiger partial charge in [-0.15, -0.1) is 0 Å². The van der Waals surface area contributed by atoms with E-state index < -0.39 is 10.0 Å². The van der Waals surface area contributed by atoms with Crippen LogP contribution in [0.25, 0.3) is 0 Å². The van der Waals surface area contributed by atoms with Gasteiger partial charge in [0.15, 0.2) is 0 Å². The van der Waals surface area contributed by atoms with Crippen LogP contribution in [0.4, 0.5) is 0 Å². The second-order valence-electron chi connectivity index (χ2n) is 4.89. The van der Waals surface area contributed by atoms with Crippen molar-refractivity contribution in [1.29, 1.82) is 0 Å². The van der Waals surface area contributed by atoms with Crippen molar-refractivity contribution in [2.45, 2.75) is 30.2 Å². The topological polar surface area (TPSA) is 49.4 Å². The number of halogens is 1. The van der Waals surface area contributed by atoms with Crippen LogP contribution in [-0.2, 0) is 10.0 Å². The van der Waals surface area contributed by atoms with E-state index in [1.807, 2.05) is 12.1 Å². The van der Waals surface area contributed by atoms with Crippen molar-refractivity contribution in [2.24, 2.45) is 0 Å². The van der Waals surface area contributed by atoms with E-state index in [9.17, 15) is 8.42 Å². The second-order valence-corrected chi connectivity index (χ2v) is 8.18. The maximum absolute atomic E-state index is 12.4. The fourth-order valence-electron chi connectivity index (χ4n) is 2.27. The molecule has 1 N–H and O–H groups in total. The first-order valence-corrected chi connectivity index (χ1v) is 8.97. The van der Waals surface area contributed by atoms with Gasteiger partial charge in [0.05, 0.1) is 4.90 Å². The summed E-state index contributed by atoms with van der Waals surface area (Å²) in [6.45, 7) is 1.52. The lowest BCUT2D eigenvalue weighted by Crippen LogP contribution is -2.44. The van der Waals surface area contributed by atoms with Crippen molar-refractivity contribution in [3.8, 4) is 0 Å². The minimum absolute atomic E-state index is 0.275. The third-order valence-electron chi connectivity index (χ3n) is 3.41. The molecule has 0 spiro atoms. The van der Waals surface area contributed by atoms with Crippen LogP contribution >= 0.6 is 22.6 Å². The van der Waals surface area contributed by atoms with Crippen molar-refractivity contribution in [1.82, 2.24) is 9.62 Å². The van der Waals surface area contributed by atoms with Gasteiger partial charge in [-0.25, -0.2) is 8.42 Å². The summed E-state index contributed by atoms with van der Waals surface area (Å²) in [5.74, 6) is 0. The van der Waals surface area contributed by atoms with Crippen LogP contribution in [0.2, 0.25) is 0 Å². The molecule has 2 rings (SSSR count). The highest BCUT2D eigenvalue weighted by Gasteiger charge is 2.24. The molecule has 1 aromatic rings. The largest absolute Gasteiger partial charge is 0.313 e. The first kappa shape index (κ1) is 15.2. The number of benzene rings is 1. The highest BCUT2D eigenvalue weighted by molar-refractivity contribution is 14.1. The molecule has 1 atom stereocenters. The molecule has 1 unspecified atom stereocenters. The Morgan fingerprint density at radius 3 is 2.58 bits per heavy atom. The van der Waals surface area contributed by atoms with Gasteiger partial charge in [0.2, 0.25) is 10.0 Å². The number of hydrogen-bond donors (Lipinski definition) is 1. The van der Waals surface area contributed by atoms with E-state index in [1.165, 1.54) is 17.1 Å². The lowest BCUT2D eigenvalue weighted by Gasteiger charge is -2.27. The van der Waals surface area contributed by atoms with Gasteiger partial charge in [-0.05, 0) is 66.2 Å². The molecule has 0 radical (unpaired) electrons. The molecule has 0 aliphatic carbocycles. The van der Waals surface area contributed by atoms with Gasteiger partial charge in [0, 0.05) is 23.2 Å². The summed E-state index contributed by atoms with van der Waals surface area (Å²) < 4.78 is 27.3. The van der Waals surface area contributed by atoms with E-state index in [-0.39, 0.29) is 6.04 Å². The van der Waals surface area contributed by atoms with Gasteiger partial charge in [-0.3, -0.25) is 0 Å². The predicted molar refractivity (Wildman–Crippen MR) is 84.6 cm³/mol. The monoisotopic (exact) mass is 394 g/mol. The standard InChI is InChI=1S/C13H19IN2O2S/c1-16(10-12-4-2-3-9-15-12)19(17,18)13-7-5-11(14)6-8-13/h5-8,12,15H,2-4,9-10H2,1H3. The van der Waals surface area contributed by atoms with E-state index >= 15 is 0 Å². The van der Waals surface area contributed by atoms with Gasteiger partial charge in [-0.1, -0.05) is 6.42 Å². The molecule has 4 nitrogen and oxygen atoms in total. The van der Waals surface area contributed by atoms with Gasteiger partial charge in [0.1, 0.15) is 0 Å². The summed E-state index contributed by atoms with van der Waals surface area (Å²) in [6.07, 6.45) is 3.41. The molecule has 0 amide bonds. The van der Waals surface area contributed by atoms with E-state index in [0.717, 1.165) is 16.5 Å². The first-order chi connectivity index (χ1) is 9.00. The Morgan fingerprint density at radius 2 is 2.00 bits per heavy atom. The van der Waals surface area contributed by atoms with Crippen LogP contribution < -0.4 is 5.32 Å². The summed E-state index contributed by atoms with van der Waals surface area (Å²) in [4.78, 5) is 0.367. The molecule has 106 valence electrons. The second kappa shape index (κ2) is 6.51. The van der Waals surface area contributed by atoms with Gasteiger partial charge in [0.25, 0.3) is 0 Å². The van der Waals surface area contributed by atoms with Crippen LogP contribution in [0.3, 0.4) is 0 Å². The van der Waals surface area contributed by atoms with Gasteiger partial charge >= 0.3 is 0 Å². The quantitative estimate of drug-likeness (QED) is 0.796. The van der Waals surface area contributed by atoms with Crippen LogP contribution in [0.5, 0.6) is 0 Å². The highest BCUT2D eigenvalue weighted by Crippen LogP contribution is 2.17. The smallest absolute Gasteiger partial charge is 0.242 e. The lowest BCUT2D eigenvalue weighted by atomic mass is 10.1. The zero-order valence-electron chi connectivity index (χ0n) is 11.0. The Balaban J connectivity index is 2.07. The SMILES string of the molecule is CN(CC1CCCCN1)S(=O)(=O)c1ccc(I)cc1. The molecular formula is C13H19IN2O2S. The summed E-state index contributed by atoms with van der Waals surface area (Å²) in [5.41, 5.74) is 0. The van der Waals surface area contributed by atoms with Crippen LogP contribution in [-0.4, -0.2) is 38.9 Å². The maximum Gasteiger partial charge on any atom is 0.242 e. The van der Waals surface area contributed by atoms with Crippen LogP contribution in [0.1, 0.15) is 19.3 Å². The molecule has 1 aliphatic heterocycles. The van der Waals surface area contributed by atoms with Crippen LogP contribution in [0.15, 0.2) is 29.2 Å². The summed E-state index contributed by atoms with van der Waals surface area (Å²) in [7, 11) is -1.71. The minimum Gasteiger partial charge on any atom is -0.313 e. The lowest BCUT2D eigenvalue weighted by molar-refractivity contribution is 0.337. The molecule has 1 aliphatic rings. The Kier molecular flexibility index (Phi) is 5.22. The number of nitrogens with zero attached hydrogens (tertiary/aromatic N) is 1. The normalized spacial score (nSPS) is 20.7. The summed E-state index contributed by atoms with van der Waals surface area (Å²) in [6, 6.07) is 7.25. The third-order valence-corrected chi connectivity index (χ3v) is 5.97. The van der Waals surface area contributed by atoms with Crippen molar-refractivity contribution >= 4 is 32.6 Å². The molecule has 0 bridgehead atoms. The first-order valence-electron chi connectivity index (χ1n) is 6.45. The molecule has 1 aromatic carbocycles. The van der Waals surface area contributed by atoms with Crippen LogP contribution in [0, 0.1) is 3.57 Å². The third kappa shape index (κ3) is 3.90. The minimum atomic E-state index is -3.37. The molecule has 1 saturated heterocycles. The predicted octanol–water partition coefficient (Wildman–Crippen LogP) is 2.05. The zero-order valence-corrected chi connectivity index (χ0v) is 13.9. The van der Waals surface area contributed by atoms with Crippen molar-refractivity contribution in [3.05, 3.63) is 27.8 Å². The Hall–Kier alpha value is -0.180. The van der Waals surface area contributed by atoms with E-state index in [1.54, 1.807) is 19.2 Å². The number of hydrogen-bond acceptors (Lipinski definition) is 3. The van der Waals surface area contributed by atoms with Crippen molar-refractivity contribution in [2.75, 3.05) is 20.1 Å². The number of sulfonamides is 1. The molecule has 19 heavy (non-hydrogen) atoms. The molecule has 0 aromatic heterocycles. The van der Waals surface area contributed by atoms with E-state index in [0.29, 0.717) is 11.4 Å². The fourth-order valence-corrected chi connectivity index (χ4v) is 3.85. The molecular weight excluding hydrogens is 375 g/mol. The van der Waals surface area contributed by atoms with Gasteiger partial charge < -0.3 is 5.32 Å². The average Bonchev–Trinajstić information content (AvgIpc) is 2.40. The van der Waals surface area contributed by atoms with Crippen molar-refractivity contribution < 1.29 is 8.42 Å². The fraction of sp³-hybridized carbons (Fsp3) is 0.538. The Bertz CT molecular complexity index is 510. The summed E-state index contributed by atoms with van der Waals surface area (Å²) >= 11 is 2.17. The number of rotatable bonds is 4. The maximum atomic E-state index is 12.4. The molecule has 0 saturated carbocycles. The Labute approximate surface area is 128 Å². The van der Waals surface area contributed by atoms with Gasteiger partial charge in [-0.2, -0.15) is 4.31 Å². The molecule has 1 fully saturated rings. The summed E-state index contributed by atoms with van der Waals surface area (Å²) in [5, 5.41) is 3.38. The van der Waals surface area contributed by atoms with Crippen molar-refractivity contribution in [3.63, 3.8) is 0 Å². The number of nitrogens with one attached hydrogen (secondary N) is 1. The zero-order chi connectivity index (χ0) is 13.9. The highest BCUT2D eigenvalue weighted by atomic mass is 127. The number of likely N-dealkylation sites (N-methyl/N-ethyl adjacent to an activating group) is 1. The molecule has 1 heterocycles. The molecule has 6 heteroatoms. The Morgan fingerprint density at radius 1 is 1.32 bits per heavy atom. The number of piperidine rings is 1. The van der Waals surface area contributed by atoms with E-state index in [4.69, 9.17) is 0 Å². The average molecular weight is 394 g/mol.